The molecule has 0 N–H and O–H groups in total. The van der Waals surface area contributed by atoms with Crippen molar-refractivity contribution < 1.29 is 8.78 Å². The van der Waals surface area contributed by atoms with Gasteiger partial charge in [0.1, 0.15) is 11.6 Å². The van der Waals surface area contributed by atoms with Gasteiger partial charge in [-0.1, -0.05) is 18.2 Å². The molecule has 0 saturated carbocycles. The lowest BCUT2D eigenvalue weighted by Gasteiger charge is -2.37. The molecule has 2 aliphatic heterocycles. The molecule has 7 heteroatoms. The summed E-state index contributed by atoms with van der Waals surface area (Å²) in [4.78, 5) is 6.40. The Kier molecular flexibility index (Phi) is 4.38. The Labute approximate surface area is 184 Å². The van der Waals surface area contributed by atoms with Crippen LogP contribution >= 0.6 is 0 Å². The Bertz CT molecular complexity index is 1300. The molecule has 2 aliphatic rings. The highest BCUT2D eigenvalue weighted by Gasteiger charge is 2.38. The number of nitrogens with zero attached hydrogens (tertiary/aromatic N) is 5. The lowest BCUT2D eigenvalue weighted by atomic mass is 9.85. The maximum Gasteiger partial charge on any atom is 0.147 e. The number of rotatable bonds is 3. The van der Waals surface area contributed by atoms with Crippen molar-refractivity contribution in [2.45, 2.75) is 18.9 Å². The highest BCUT2D eigenvalue weighted by Crippen LogP contribution is 2.47. The van der Waals surface area contributed by atoms with Crippen LogP contribution in [0, 0.1) is 17.6 Å². The fraction of sp³-hybridized carbons (Fsp3) is 0.280. The third-order valence-corrected chi connectivity index (χ3v) is 6.90. The summed E-state index contributed by atoms with van der Waals surface area (Å²) < 4.78 is 33.6. The summed E-state index contributed by atoms with van der Waals surface area (Å²) in [7, 11) is 1.85. The summed E-state index contributed by atoms with van der Waals surface area (Å²) in [6, 6.07) is 10.6. The van der Waals surface area contributed by atoms with Gasteiger partial charge in [0.25, 0.3) is 0 Å². The predicted octanol–water partition coefficient (Wildman–Crippen LogP) is 5.05. The molecule has 0 bridgehead atoms. The summed E-state index contributed by atoms with van der Waals surface area (Å²) in [6.07, 6.45) is 8.96. The zero-order valence-electron chi connectivity index (χ0n) is 17.7. The van der Waals surface area contributed by atoms with Gasteiger partial charge >= 0.3 is 0 Å². The second-order valence-electron chi connectivity index (χ2n) is 8.73. The van der Waals surface area contributed by atoms with E-state index in [0.29, 0.717) is 5.69 Å². The van der Waals surface area contributed by atoms with Crippen LogP contribution in [0.1, 0.15) is 24.4 Å². The third-order valence-electron chi connectivity index (χ3n) is 6.90. The van der Waals surface area contributed by atoms with Crippen molar-refractivity contribution in [1.29, 1.82) is 0 Å². The minimum Gasteiger partial charge on any atom is -0.369 e. The molecule has 0 amide bonds. The third kappa shape index (κ3) is 2.95. The van der Waals surface area contributed by atoms with Crippen LogP contribution < -0.4 is 4.90 Å². The molecule has 1 saturated heterocycles. The summed E-state index contributed by atoms with van der Waals surface area (Å²) >= 11 is 0. The van der Waals surface area contributed by atoms with Gasteiger partial charge in [-0.05, 0) is 42.5 Å². The number of halogens is 2. The fourth-order valence-electron chi connectivity index (χ4n) is 5.37. The quantitative estimate of drug-likeness (QED) is 0.456. The van der Waals surface area contributed by atoms with Gasteiger partial charge in [0, 0.05) is 43.0 Å². The van der Waals surface area contributed by atoms with Crippen LogP contribution in [0.4, 0.5) is 14.5 Å². The summed E-state index contributed by atoms with van der Waals surface area (Å²) in [5.41, 5.74) is 5.03. The average molecular weight is 431 g/mol. The molecule has 1 atom stereocenters. The zero-order valence-corrected chi connectivity index (χ0v) is 17.7. The molecule has 2 aromatic heterocycles. The summed E-state index contributed by atoms with van der Waals surface area (Å²) in [5, 5.41) is 4.17. The highest BCUT2D eigenvalue weighted by molar-refractivity contribution is 5.69. The topological polar surface area (TPSA) is 38.9 Å². The molecule has 4 heterocycles. The molecule has 2 aromatic carbocycles. The first kappa shape index (κ1) is 19.2. The van der Waals surface area contributed by atoms with Gasteiger partial charge in [-0.2, -0.15) is 5.10 Å². The van der Waals surface area contributed by atoms with Crippen molar-refractivity contribution in [3.05, 3.63) is 78.5 Å². The maximum atomic E-state index is 15.0. The van der Waals surface area contributed by atoms with Crippen molar-refractivity contribution in [1.82, 2.24) is 19.3 Å². The van der Waals surface area contributed by atoms with Crippen LogP contribution in [0.25, 0.3) is 22.4 Å². The van der Waals surface area contributed by atoms with Gasteiger partial charge in [0.15, 0.2) is 0 Å². The highest BCUT2D eigenvalue weighted by atomic mass is 19.1. The van der Waals surface area contributed by atoms with E-state index in [2.05, 4.69) is 19.5 Å². The van der Waals surface area contributed by atoms with E-state index in [-0.39, 0.29) is 23.6 Å². The van der Waals surface area contributed by atoms with Gasteiger partial charge in [-0.25, -0.2) is 13.8 Å². The van der Waals surface area contributed by atoms with Gasteiger partial charge < -0.3 is 9.47 Å². The standard InChI is InChI=1S/C25H23F2N5/c1-30-14-18(12-29-30)17-5-6-22(21(27)11-17)31-9-7-16(8-10-31)25-24-19(3-2-4-20(24)26)23-13-28-15-32(23)25/h2-6,11-16,25H,7-10H2,1H3. The van der Waals surface area contributed by atoms with Crippen LogP contribution in [0.3, 0.4) is 0 Å². The number of hydrogen-bond donors (Lipinski definition) is 0. The van der Waals surface area contributed by atoms with E-state index in [1.54, 1.807) is 29.1 Å². The minimum atomic E-state index is -0.223. The number of benzene rings is 2. The molecule has 162 valence electrons. The van der Waals surface area contributed by atoms with Crippen molar-refractivity contribution in [2.24, 2.45) is 13.0 Å². The Morgan fingerprint density at radius 2 is 1.81 bits per heavy atom. The lowest BCUT2D eigenvalue weighted by Crippen LogP contribution is -2.37. The first-order chi connectivity index (χ1) is 15.6. The molecule has 6 rings (SSSR count). The Balaban J connectivity index is 1.23. The van der Waals surface area contributed by atoms with Crippen molar-refractivity contribution >= 4 is 5.69 Å². The molecule has 4 aromatic rings. The van der Waals surface area contributed by atoms with E-state index < -0.39 is 0 Å². The van der Waals surface area contributed by atoms with E-state index in [1.807, 2.05) is 44.0 Å². The number of hydrogen-bond acceptors (Lipinski definition) is 3. The number of aromatic nitrogens is 4. The molecule has 32 heavy (non-hydrogen) atoms. The van der Waals surface area contributed by atoms with Crippen molar-refractivity contribution in [3.63, 3.8) is 0 Å². The zero-order chi connectivity index (χ0) is 21.8. The monoisotopic (exact) mass is 431 g/mol. The number of imidazole rings is 1. The maximum absolute atomic E-state index is 15.0. The van der Waals surface area contributed by atoms with Gasteiger partial charge in [0.05, 0.1) is 36.1 Å². The molecule has 0 radical (unpaired) electrons. The van der Waals surface area contributed by atoms with Crippen LogP contribution in [0.15, 0.2) is 61.3 Å². The smallest absolute Gasteiger partial charge is 0.147 e. The number of anilines is 1. The van der Waals surface area contributed by atoms with Gasteiger partial charge in [0.2, 0.25) is 0 Å². The van der Waals surface area contributed by atoms with Crippen LogP contribution in [-0.4, -0.2) is 32.4 Å². The SMILES string of the molecule is Cn1cc(-c2ccc(N3CCC(C4c5c(F)cccc5-c5cncn54)CC3)c(F)c2)cn1. The fourth-order valence-corrected chi connectivity index (χ4v) is 5.37. The Morgan fingerprint density at radius 3 is 2.56 bits per heavy atom. The second kappa shape index (κ2) is 7.29. The van der Waals surface area contributed by atoms with E-state index in [9.17, 15) is 8.78 Å². The molecular formula is C25H23F2N5. The Morgan fingerprint density at radius 1 is 0.969 bits per heavy atom. The normalized spacial score (nSPS) is 18.1. The van der Waals surface area contributed by atoms with Crippen LogP contribution in [0.2, 0.25) is 0 Å². The number of piperidine rings is 1. The van der Waals surface area contributed by atoms with Crippen molar-refractivity contribution in [2.75, 3.05) is 18.0 Å². The second-order valence-corrected chi connectivity index (χ2v) is 8.73. The summed E-state index contributed by atoms with van der Waals surface area (Å²) in [5.74, 6) is -0.107. The van der Waals surface area contributed by atoms with E-state index in [1.165, 1.54) is 0 Å². The number of aryl methyl sites for hydroxylation is 1. The molecule has 1 fully saturated rings. The molecule has 1 unspecified atom stereocenters. The number of fused-ring (bicyclic) bond motifs is 3. The first-order valence-electron chi connectivity index (χ1n) is 10.9. The predicted molar refractivity (Wildman–Crippen MR) is 119 cm³/mol. The average Bonchev–Trinajstić information content (AvgIpc) is 3.51. The van der Waals surface area contributed by atoms with Gasteiger partial charge in [-0.15, -0.1) is 0 Å². The first-order valence-corrected chi connectivity index (χ1v) is 10.9. The molecule has 0 aliphatic carbocycles. The van der Waals surface area contributed by atoms with Crippen molar-refractivity contribution in [3.8, 4) is 22.4 Å². The van der Waals surface area contributed by atoms with Crippen LogP contribution in [0.5, 0.6) is 0 Å². The van der Waals surface area contributed by atoms with Gasteiger partial charge in [-0.3, -0.25) is 4.68 Å². The molecular weight excluding hydrogens is 408 g/mol. The summed E-state index contributed by atoms with van der Waals surface area (Å²) in [6.45, 7) is 1.47. The minimum absolute atomic E-state index is 0.0522. The largest absolute Gasteiger partial charge is 0.369 e. The molecule has 0 spiro atoms. The van der Waals surface area contributed by atoms with Crippen LogP contribution in [-0.2, 0) is 7.05 Å². The van der Waals surface area contributed by atoms with E-state index in [0.717, 1.165) is 53.9 Å². The Hall–Kier alpha value is -3.48. The van der Waals surface area contributed by atoms with E-state index in [4.69, 9.17) is 0 Å². The molecule has 5 nitrogen and oxygen atoms in total. The van der Waals surface area contributed by atoms with E-state index >= 15 is 0 Å². The lowest BCUT2D eigenvalue weighted by molar-refractivity contribution is 0.311.